The van der Waals surface area contributed by atoms with Crippen LogP contribution in [0.2, 0.25) is 5.15 Å². The van der Waals surface area contributed by atoms with Crippen molar-refractivity contribution in [2.45, 2.75) is 12.5 Å². The van der Waals surface area contributed by atoms with E-state index >= 15 is 0 Å². The van der Waals surface area contributed by atoms with Gasteiger partial charge in [0.15, 0.2) is 0 Å². The second-order valence-electron chi connectivity index (χ2n) is 4.76. The van der Waals surface area contributed by atoms with Gasteiger partial charge in [-0.1, -0.05) is 11.6 Å². The Labute approximate surface area is 112 Å². The molecule has 5 nitrogen and oxygen atoms in total. The number of likely N-dealkylation sites (tertiary alicyclic amines) is 1. The number of nitrogens with two attached hydrogens (primary N) is 1. The third-order valence-electron chi connectivity index (χ3n) is 3.27. The van der Waals surface area contributed by atoms with Crippen molar-refractivity contribution in [1.82, 2.24) is 14.8 Å². The lowest BCUT2D eigenvalue weighted by atomic mass is 10.2. The number of rotatable bonds is 2. The number of likely N-dealkylation sites (N-methyl/N-ethyl adjacent to an activating group) is 1. The Morgan fingerprint density at radius 3 is 2.94 bits per heavy atom. The highest BCUT2D eigenvalue weighted by molar-refractivity contribution is 6.32. The number of hydrogen-bond acceptors (Lipinski definition) is 4. The van der Waals surface area contributed by atoms with E-state index in [-0.39, 0.29) is 11.1 Å². The van der Waals surface area contributed by atoms with E-state index in [0.717, 1.165) is 19.5 Å². The number of carbonyl (C=O) groups is 1. The zero-order valence-corrected chi connectivity index (χ0v) is 11.3. The fourth-order valence-electron chi connectivity index (χ4n) is 2.13. The first-order valence-electron chi connectivity index (χ1n) is 5.85. The molecule has 6 heteroatoms. The van der Waals surface area contributed by atoms with Gasteiger partial charge in [0, 0.05) is 19.1 Å². The molecule has 1 amide bonds. The van der Waals surface area contributed by atoms with Crippen LogP contribution in [0.1, 0.15) is 16.8 Å². The molecule has 0 saturated carbocycles. The van der Waals surface area contributed by atoms with E-state index < -0.39 is 0 Å². The number of halogens is 1. The zero-order chi connectivity index (χ0) is 13.3. The van der Waals surface area contributed by atoms with Gasteiger partial charge in [0.25, 0.3) is 5.91 Å². The van der Waals surface area contributed by atoms with Crippen molar-refractivity contribution in [1.29, 1.82) is 0 Å². The van der Waals surface area contributed by atoms with Gasteiger partial charge in [0.05, 0.1) is 17.4 Å². The average Bonchev–Trinajstić information content (AvgIpc) is 2.81. The van der Waals surface area contributed by atoms with Crippen LogP contribution in [-0.2, 0) is 0 Å². The fraction of sp³-hybridized carbons (Fsp3) is 0.500. The topological polar surface area (TPSA) is 62.5 Å². The van der Waals surface area contributed by atoms with E-state index in [0.29, 0.717) is 17.3 Å². The lowest BCUT2D eigenvalue weighted by Gasteiger charge is -2.20. The molecule has 1 saturated heterocycles. The molecule has 0 aliphatic carbocycles. The molecule has 1 fully saturated rings. The van der Waals surface area contributed by atoms with Gasteiger partial charge in [-0.05, 0) is 26.6 Å². The number of aromatic nitrogens is 1. The highest BCUT2D eigenvalue weighted by Crippen LogP contribution is 2.21. The molecule has 1 unspecified atom stereocenters. The number of nitrogens with zero attached hydrogens (tertiary/aromatic N) is 3. The number of amides is 1. The van der Waals surface area contributed by atoms with Crippen molar-refractivity contribution >= 4 is 23.2 Å². The fourth-order valence-corrected chi connectivity index (χ4v) is 2.32. The summed E-state index contributed by atoms with van der Waals surface area (Å²) in [7, 11) is 4.04. The first kappa shape index (κ1) is 13.1. The second-order valence-corrected chi connectivity index (χ2v) is 5.12. The summed E-state index contributed by atoms with van der Waals surface area (Å²) >= 11 is 5.94. The van der Waals surface area contributed by atoms with Gasteiger partial charge < -0.3 is 15.5 Å². The molecule has 18 heavy (non-hydrogen) atoms. The van der Waals surface area contributed by atoms with E-state index in [1.165, 1.54) is 6.20 Å². The second kappa shape index (κ2) is 5.12. The average molecular weight is 269 g/mol. The first-order valence-corrected chi connectivity index (χ1v) is 6.23. The number of carbonyl (C=O) groups excluding carboxylic acids is 1. The van der Waals surface area contributed by atoms with E-state index in [9.17, 15) is 4.79 Å². The molecule has 2 N–H and O–H groups in total. The maximum absolute atomic E-state index is 12.3. The molecule has 0 aromatic carbocycles. The van der Waals surface area contributed by atoms with Gasteiger partial charge in [-0.3, -0.25) is 4.79 Å². The third kappa shape index (κ3) is 2.57. The van der Waals surface area contributed by atoms with E-state index in [1.54, 1.807) is 11.0 Å². The maximum atomic E-state index is 12.3. The van der Waals surface area contributed by atoms with Crippen LogP contribution in [0.3, 0.4) is 0 Å². The van der Waals surface area contributed by atoms with Crippen molar-refractivity contribution in [3.8, 4) is 0 Å². The molecular formula is C12H17ClN4O. The molecule has 2 rings (SSSR count). The highest BCUT2D eigenvalue weighted by atomic mass is 35.5. The third-order valence-corrected chi connectivity index (χ3v) is 3.57. The lowest BCUT2D eigenvalue weighted by molar-refractivity contribution is 0.0783. The Bertz CT molecular complexity index is 463. The molecule has 0 bridgehead atoms. The van der Waals surface area contributed by atoms with Gasteiger partial charge in [-0.2, -0.15) is 0 Å². The van der Waals surface area contributed by atoms with Crippen LogP contribution < -0.4 is 5.73 Å². The molecule has 0 spiro atoms. The van der Waals surface area contributed by atoms with Crippen LogP contribution in [0, 0.1) is 0 Å². The monoisotopic (exact) mass is 268 g/mol. The standard InChI is InChI=1S/C12H17ClN4O/c1-16(2)9-3-4-17(7-9)12(18)10-5-8(14)6-15-11(10)13/h5-6,9H,3-4,7,14H2,1-2H3. The van der Waals surface area contributed by atoms with Crippen molar-refractivity contribution in [3.05, 3.63) is 23.0 Å². The molecule has 2 heterocycles. The van der Waals surface area contributed by atoms with Crippen LogP contribution in [0.15, 0.2) is 12.3 Å². The molecule has 1 aromatic rings. The summed E-state index contributed by atoms with van der Waals surface area (Å²) in [6.07, 6.45) is 2.43. The Morgan fingerprint density at radius 2 is 2.33 bits per heavy atom. The SMILES string of the molecule is CN(C)C1CCN(C(=O)c2cc(N)cnc2Cl)C1. The predicted molar refractivity (Wildman–Crippen MR) is 71.7 cm³/mol. The molecule has 1 atom stereocenters. The van der Waals surface area contributed by atoms with Crippen LogP contribution in [0.5, 0.6) is 0 Å². The lowest BCUT2D eigenvalue weighted by Crippen LogP contribution is -2.34. The normalized spacial score (nSPS) is 19.6. The smallest absolute Gasteiger partial charge is 0.257 e. The Morgan fingerprint density at radius 1 is 1.61 bits per heavy atom. The summed E-state index contributed by atoms with van der Waals surface area (Å²) in [6.45, 7) is 1.46. The summed E-state index contributed by atoms with van der Waals surface area (Å²) in [5.74, 6) is -0.0934. The van der Waals surface area contributed by atoms with E-state index in [4.69, 9.17) is 17.3 Å². The minimum Gasteiger partial charge on any atom is -0.397 e. The number of pyridine rings is 1. The Balaban J connectivity index is 2.15. The van der Waals surface area contributed by atoms with Gasteiger partial charge in [-0.25, -0.2) is 4.98 Å². The van der Waals surface area contributed by atoms with Crippen molar-refractivity contribution in [3.63, 3.8) is 0 Å². The van der Waals surface area contributed by atoms with Crippen molar-refractivity contribution < 1.29 is 4.79 Å². The number of hydrogen-bond donors (Lipinski definition) is 1. The number of nitrogen functional groups attached to an aromatic ring is 1. The number of anilines is 1. The van der Waals surface area contributed by atoms with E-state index in [1.807, 2.05) is 14.1 Å². The summed E-state index contributed by atoms with van der Waals surface area (Å²) in [5, 5.41) is 0.211. The van der Waals surface area contributed by atoms with Crippen LogP contribution in [0.25, 0.3) is 0 Å². The van der Waals surface area contributed by atoms with Gasteiger partial charge in [-0.15, -0.1) is 0 Å². The highest BCUT2D eigenvalue weighted by Gasteiger charge is 2.29. The molecule has 0 radical (unpaired) electrons. The maximum Gasteiger partial charge on any atom is 0.257 e. The van der Waals surface area contributed by atoms with E-state index in [2.05, 4.69) is 9.88 Å². The minimum absolute atomic E-state index is 0.0934. The van der Waals surface area contributed by atoms with Gasteiger partial charge in [0.2, 0.25) is 0 Å². The Kier molecular flexibility index (Phi) is 3.73. The zero-order valence-electron chi connectivity index (χ0n) is 10.6. The van der Waals surface area contributed by atoms with Crippen LogP contribution in [0.4, 0.5) is 5.69 Å². The van der Waals surface area contributed by atoms with Crippen LogP contribution in [-0.4, -0.2) is 53.9 Å². The molecular weight excluding hydrogens is 252 g/mol. The quantitative estimate of drug-likeness (QED) is 0.816. The van der Waals surface area contributed by atoms with Crippen LogP contribution >= 0.6 is 11.6 Å². The minimum atomic E-state index is -0.0934. The molecule has 98 valence electrons. The van der Waals surface area contributed by atoms with Crippen molar-refractivity contribution in [2.75, 3.05) is 32.9 Å². The molecule has 1 aliphatic rings. The van der Waals surface area contributed by atoms with Crippen molar-refractivity contribution in [2.24, 2.45) is 0 Å². The van der Waals surface area contributed by atoms with Gasteiger partial charge in [0.1, 0.15) is 5.15 Å². The summed E-state index contributed by atoms with van der Waals surface area (Å²) in [6, 6.07) is 1.99. The largest absolute Gasteiger partial charge is 0.397 e. The summed E-state index contributed by atoms with van der Waals surface area (Å²) in [4.78, 5) is 20.2. The Hall–Kier alpha value is -1.33. The first-order chi connectivity index (χ1) is 8.49. The molecule has 1 aromatic heterocycles. The summed E-state index contributed by atoms with van der Waals surface area (Å²) < 4.78 is 0. The van der Waals surface area contributed by atoms with Gasteiger partial charge >= 0.3 is 0 Å². The predicted octanol–water partition coefficient (Wildman–Crippen LogP) is 1.09. The summed E-state index contributed by atoms with van der Waals surface area (Å²) in [5.41, 5.74) is 6.47. The molecule has 1 aliphatic heterocycles.